The predicted molar refractivity (Wildman–Crippen MR) is 116 cm³/mol. The number of hydrogen-bond donors (Lipinski definition) is 4. The van der Waals surface area contributed by atoms with E-state index in [-0.39, 0.29) is 30.2 Å². The van der Waals surface area contributed by atoms with Gasteiger partial charge < -0.3 is 25.4 Å². The van der Waals surface area contributed by atoms with E-state index in [1.807, 2.05) is 37.3 Å². The van der Waals surface area contributed by atoms with Gasteiger partial charge in [-0.15, -0.1) is 5.10 Å². The lowest BCUT2D eigenvalue weighted by Crippen LogP contribution is -2.53. The molecule has 3 aromatic rings. The summed E-state index contributed by atoms with van der Waals surface area (Å²) in [6, 6.07) is 14.4. The molecule has 0 aliphatic carbocycles. The van der Waals surface area contributed by atoms with E-state index in [4.69, 9.17) is 4.65 Å². The number of carboxylic acid groups (broad SMARTS) is 1. The summed E-state index contributed by atoms with van der Waals surface area (Å²) in [5.74, 6) is -2.11. The van der Waals surface area contributed by atoms with Crippen molar-refractivity contribution >= 4 is 24.7 Å². The molecule has 2 aromatic carbocycles. The minimum absolute atomic E-state index is 0.0267. The van der Waals surface area contributed by atoms with E-state index >= 15 is 0 Å². The average Bonchev–Trinajstić information content (AvgIpc) is 3.12. The molecule has 0 saturated carbocycles. The molecule has 2 heterocycles. The van der Waals surface area contributed by atoms with Crippen LogP contribution in [-0.2, 0) is 24.3 Å². The number of amides is 1. The third kappa shape index (κ3) is 4.57. The lowest BCUT2D eigenvalue weighted by molar-refractivity contribution is -0.122. The fourth-order valence-corrected chi connectivity index (χ4v) is 3.56. The molecular weight excluding hydrogens is 413 g/mol. The third-order valence-electron chi connectivity index (χ3n) is 5.30. The van der Waals surface area contributed by atoms with Crippen molar-refractivity contribution in [3.05, 3.63) is 71.0 Å². The maximum Gasteiger partial charge on any atom is 0.547 e. The summed E-state index contributed by atoms with van der Waals surface area (Å²) in [4.78, 5) is 23.9. The highest BCUT2D eigenvalue weighted by atomic mass is 16.5. The summed E-state index contributed by atoms with van der Waals surface area (Å²) >= 11 is 0. The normalized spacial score (nSPS) is 14.9. The predicted octanol–water partition coefficient (Wildman–Crippen LogP) is 1.04. The van der Waals surface area contributed by atoms with Gasteiger partial charge >= 0.3 is 13.1 Å². The minimum atomic E-state index is -1.37. The Kier molecular flexibility index (Phi) is 6.08. The first-order valence-corrected chi connectivity index (χ1v) is 10.1. The Balaban J connectivity index is 1.37. The van der Waals surface area contributed by atoms with Crippen LogP contribution >= 0.6 is 0 Å². The lowest BCUT2D eigenvalue weighted by atomic mass is 9.72. The average molecular weight is 435 g/mol. The Labute approximate surface area is 184 Å². The van der Waals surface area contributed by atoms with Crippen molar-refractivity contribution in [2.75, 3.05) is 5.32 Å². The SMILES string of the molecule is Cc1c(CNc2ccccc2)nnn1CC(=O)N[C@H]1Cc2cccc(C(=O)O)c2OB1O. The zero-order valence-corrected chi connectivity index (χ0v) is 17.4. The van der Waals surface area contributed by atoms with Gasteiger partial charge in [-0.1, -0.05) is 35.5 Å². The summed E-state index contributed by atoms with van der Waals surface area (Å²) in [7, 11) is -1.37. The number of aromatic nitrogens is 3. The van der Waals surface area contributed by atoms with Crippen LogP contribution in [0.25, 0.3) is 0 Å². The van der Waals surface area contributed by atoms with Crippen LogP contribution in [0.1, 0.15) is 27.3 Å². The number of hydrogen-bond acceptors (Lipinski definition) is 7. The van der Waals surface area contributed by atoms with Crippen molar-refractivity contribution < 1.29 is 24.4 Å². The number of aromatic carboxylic acids is 1. The van der Waals surface area contributed by atoms with Crippen LogP contribution in [0, 0.1) is 6.92 Å². The van der Waals surface area contributed by atoms with Gasteiger partial charge in [-0.2, -0.15) is 0 Å². The summed E-state index contributed by atoms with van der Waals surface area (Å²) < 4.78 is 6.90. The van der Waals surface area contributed by atoms with Crippen molar-refractivity contribution in [1.29, 1.82) is 0 Å². The van der Waals surface area contributed by atoms with Gasteiger partial charge in [0, 0.05) is 5.69 Å². The third-order valence-corrected chi connectivity index (χ3v) is 5.30. The highest BCUT2D eigenvalue weighted by Gasteiger charge is 2.37. The van der Waals surface area contributed by atoms with E-state index < -0.39 is 19.0 Å². The van der Waals surface area contributed by atoms with Crippen LogP contribution < -0.4 is 15.3 Å². The Morgan fingerprint density at radius 3 is 2.75 bits per heavy atom. The van der Waals surface area contributed by atoms with Gasteiger partial charge in [-0.25, -0.2) is 9.48 Å². The first-order valence-electron chi connectivity index (χ1n) is 10.1. The second kappa shape index (κ2) is 9.10. The van der Waals surface area contributed by atoms with Crippen LogP contribution in [0.3, 0.4) is 0 Å². The van der Waals surface area contributed by atoms with E-state index in [1.165, 1.54) is 10.7 Å². The van der Waals surface area contributed by atoms with Gasteiger partial charge in [-0.3, -0.25) is 4.79 Å². The van der Waals surface area contributed by atoms with E-state index in [0.717, 1.165) is 17.1 Å². The fourth-order valence-electron chi connectivity index (χ4n) is 3.56. The summed E-state index contributed by atoms with van der Waals surface area (Å²) in [5, 5.41) is 33.8. The molecule has 10 nitrogen and oxygen atoms in total. The number of benzene rings is 2. The number of carbonyl (C=O) groups is 2. The number of nitrogens with zero attached hydrogens (tertiary/aromatic N) is 3. The van der Waals surface area contributed by atoms with Crippen molar-refractivity contribution in [3.63, 3.8) is 0 Å². The highest BCUT2D eigenvalue weighted by Crippen LogP contribution is 2.30. The first-order chi connectivity index (χ1) is 15.4. The van der Waals surface area contributed by atoms with Crippen molar-refractivity contribution in [1.82, 2.24) is 20.3 Å². The van der Waals surface area contributed by atoms with Crippen LogP contribution in [0.4, 0.5) is 5.69 Å². The molecule has 1 aliphatic rings. The number of para-hydroxylation sites is 2. The van der Waals surface area contributed by atoms with Crippen molar-refractivity contribution in [3.8, 4) is 5.75 Å². The molecule has 0 fully saturated rings. The number of anilines is 1. The van der Waals surface area contributed by atoms with Gasteiger partial charge in [0.25, 0.3) is 0 Å². The van der Waals surface area contributed by atoms with Gasteiger partial charge in [0.1, 0.15) is 18.0 Å². The molecule has 0 unspecified atom stereocenters. The molecule has 11 heteroatoms. The van der Waals surface area contributed by atoms with Crippen LogP contribution in [0.15, 0.2) is 48.5 Å². The smallest absolute Gasteiger partial charge is 0.534 e. The van der Waals surface area contributed by atoms with Crippen LogP contribution in [-0.4, -0.2) is 50.1 Å². The molecule has 0 spiro atoms. The quantitative estimate of drug-likeness (QED) is 0.404. The molecule has 1 aromatic heterocycles. The van der Waals surface area contributed by atoms with Crippen molar-refractivity contribution in [2.45, 2.75) is 32.4 Å². The molecule has 1 atom stereocenters. The number of nitrogens with one attached hydrogen (secondary N) is 2. The molecule has 4 N–H and O–H groups in total. The molecule has 164 valence electrons. The van der Waals surface area contributed by atoms with Crippen LogP contribution in [0.5, 0.6) is 5.75 Å². The first kappa shape index (κ1) is 21.4. The Morgan fingerprint density at radius 1 is 1.22 bits per heavy atom. The zero-order valence-electron chi connectivity index (χ0n) is 17.4. The van der Waals surface area contributed by atoms with Gasteiger partial charge in [0.05, 0.1) is 23.7 Å². The lowest BCUT2D eigenvalue weighted by Gasteiger charge is -2.28. The van der Waals surface area contributed by atoms with E-state index in [0.29, 0.717) is 12.1 Å². The van der Waals surface area contributed by atoms with Gasteiger partial charge in [-0.05, 0) is 37.1 Å². The van der Waals surface area contributed by atoms with E-state index in [1.54, 1.807) is 12.1 Å². The fraction of sp³-hybridized carbons (Fsp3) is 0.238. The topological polar surface area (TPSA) is 139 Å². The molecular formula is C21H22BN5O5. The van der Waals surface area contributed by atoms with E-state index in [9.17, 15) is 19.7 Å². The second-order valence-electron chi connectivity index (χ2n) is 7.48. The van der Waals surface area contributed by atoms with Gasteiger partial charge in [0.2, 0.25) is 5.91 Å². The summed E-state index contributed by atoms with van der Waals surface area (Å²) in [5.41, 5.74) is 3.00. The Morgan fingerprint density at radius 2 is 2.00 bits per heavy atom. The zero-order chi connectivity index (χ0) is 22.7. The molecule has 0 bridgehead atoms. The highest BCUT2D eigenvalue weighted by molar-refractivity contribution is 6.47. The monoisotopic (exact) mass is 435 g/mol. The Bertz CT molecular complexity index is 1140. The largest absolute Gasteiger partial charge is 0.547 e. The van der Waals surface area contributed by atoms with Gasteiger partial charge in [0.15, 0.2) is 0 Å². The maximum absolute atomic E-state index is 12.6. The molecule has 0 radical (unpaired) electrons. The maximum atomic E-state index is 12.6. The number of rotatable bonds is 7. The standard InChI is InChI=1S/C21H22BN5O5/c1-13-17(11-23-15-7-3-2-4-8-15)25-26-27(13)12-19(28)24-18-10-14-6-5-9-16(21(29)30)20(14)32-22(18)31/h2-9,18,23,31H,10-12H2,1H3,(H,24,28)(H,29,30)/t18-/m0/s1. The summed E-state index contributed by atoms with van der Waals surface area (Å²) in [6.45, 7) is 2.22. The molecule has 4 rings (SSSR count). The molecule has 0 saturated heterocycles. The minimum Gasteiger partial charge on any atom is -0.534 e. The molecule has 1 amide bonds. The number of carbonyl (C=O) groups excluding carboxylic acids is 1. The molecule has 1 aliphatic heterocycles. The number of carboxylic acids is 1. The molecule has 32 heavy (non-hydrogen) atoms. The summed E-state index contributed by atoms with van der Waals surface area (Å²) in [6.07, 6.45) is 0.242. The van der Waals surface area contributed by atoms with Crippen LogP contribution in [0.2, 0.25) is 0 Å². The number of fused-ring (bicyclic) bond motifs is 1. The Hall–Kier alpha value is -3.86. The second-order valence-corrected chi connectivity index (χ2v) is 7.48. The van der Waals surface area contributed by atoms with E-state index in [2.05, 4.69) is 20.9 Å². The van der Waals surface area contributed by atoms with Crippen molar-refractivity contribution in [2.24, 2.45) is 0 Å².